The number of rotatable bonds is 4. The summed E-state index contributed by atoms with van der Waals surface area (Å²) in [6.45, 7) is 4.01. The van der Waals surface area contributed by atoms with Crippen LogP contribution >= 0.6 is 23.4 Å². The molecule has 0 amide bonds. The third kappa shape index (κ3) is 3.66. The third-order valence-corrected chi connectivity index (χ3v) is 3.53. The van der Waals surface area contributed by atoms with Crippen LogP contribution in [0.15, 0.2) is 29.4 Å². The van der Waals surface area contributed by atoms with Crippen LogP contribution in [0, 0.1) is 11.3 Å². The lowest BCUT2D eigenvalue weighted by Gasteiger charge is -2.14. The molecule has 0 atom stereocenters. The molecular weight excluding hydrogens is 304 g/mol. The van der Waals surface area contributed by atoms with Gasteiger partial charge in [-0.15, -0.1) is 0 Å². The van der Waals surface area contributed by atoms with Gasteiger partial charge in [-0.1, -0.05) is 35.5 Å². The lowest BCUT2D eigenvalue weighted by Crippen LogP contribution is -2.14. The van der Waals surface area contributed by atoms with Crippen LogP contribution in [0.5, 0.6) is 0 Å². The highest BCUT2D eigenvalue weighted by Gasteiger charge is 2.16. The van der Waals surface area contributed by atoms with Crippen LogP contribution in [-0.4, -0.2) is 22.3 Å². The second-order valence-electron chi connectivity index (χ2n) is 4.70. The van der Waals surface area contributed by atoms with E-state index in [1.165, 1.54) is 11.8 Å². The van der Waals surface area contributed by atoms with E-state index in [9.17, 15) is 5.26 Å². The average Bonchev–Trinajstić information content (AvgIpc) is 2.46. The summed E-state index contributed by atoms with van der Waals surface area (Å²) in [6.07, 6.45) is 1.91. The van der Waals surface area contributed by atoms with Crippen molar-refractivity contribution < 1.29 is 0 Å². The summed E-state index contributed by atoms with van der Waals surface area (Å²) >= 11 is 7.36. The number of aromatic nitrogens is 2. The standard InChI is InChI=1S/C15H15ClN4S/c1-9(2)18-14-12(8-17)13(19-15(20-14)21-3)10-4-6-11(16)7-5-10/h4-7,9H,1-3H3,(H,18,19,20). The Balaban J connectivity index is 2.63. The predicted octanol–water partition coefficient (Wildman–Crippen LogP) is 4.21. The van der Waals surface area contributed by atoms with E-state index in [0.29, 0.717) is 27.3 Å². The Morgan fingerprint density at radius 3 is 2.43 bits per heavy atom. The molecule has 0 unspecified atom stereocenters. The Kier molecular flexibility index (Phi) is 5.05. The van der Waals surface area contributed by atoms with Gasteiger partial charge in [0.25, 0.3) is 0 Å². The van der Waals surface area contributed by atoms with Crippen LogP contribution in [0.4, 0.5) is 5.82 Å². The van der Waals surface area contributed by atoms with Gasteiger partial charge in [-0.3, -0.25) is 0 Å². The predicted molar refractivity (Wildman–Crippen MR) is 87.7 cm³/mol. The molecule has 1 heterocycles. The maximum atomic E-state index is 9.49. The Labute approximate surface area is 133 Å². The van der Waals surface area contributed by atoms with Crippen molar-refractivity contribution in [2.45, 2.75) is 25.0 Å². The monoisotopic (exact) mass is 318 g/mol. The van der Waals surface area contributed by atoms with Gasteiger partial charge in [0, 0.05) is 16.6 Å². The van der Waals surface area contributed by atoms with E-state index >= 15 is 0 Å². The first-order valence-electron chi connectivity index (χ1n) is 6.43. The topological polar surface area (TPSA) is 61.6 Å². The Morgan fingerprint density at radius 2 is 1.90 bits per heavy atom. The van der Waals surface area contributed by atoms with Gasteiger partial charge in [0.15, 0.2) is 5.16 Å². The number of hydrogen-bond acceptors (Lipinski definition) is 5. The molecule has 0 fully saturated rings. The quantitative estimate of drug-likeness (QED) is 0.676. The van der Waals surface area contributed by atoms with Crippen molar-refractivity contribution in [3.8, 4) is 17.3 Å². The fourth-order valence-electron chi connectivity index (χ4n) is 1.83. The van der Waals surface area contributed by atoms with Crippen LogP contribution in [0.25, 0.3) is 11.3 Å². The van der Waals surface area contributed by atoms with Gasteiger partial charge in [0.1, 0.15) is 17.5 Å². The highest BCUT2D eigenvalue weighted by molar-refractivity contribution is 7.98. The van der Waals surface area contributed by atoms with Crippen molar-refractivity contribution in [1.29, 1.82) is 5.26 Å². The molecule has 2 aromatic rings. The van der Waals surface area contributed by atoms with Crippen LogP contribution in [0.3, 0.4) is 0 Å². The number of anilines is 1. The van der Waals surface area contributed by atoms with E-state index in [2.05, 4.69) is 21.4 Å². The molecule has 6 heteroatoms. The molecule has 1 aromatic heterocycles. The lowest BCUT2D eigenvalue weighted by atomic mass is 10.1. The summed E-state index contributed by atoms with van der Waals surface area (Å²) in [7, 11) is 0. The normalized spacial score (nSPS) is 10.5. The van der Waals surface area contributed by atoms with Crippen molar-refractivity contribution in [2.75, 3.05) is 11.6 Å². The zero-order chi connectivity index (χ0) is 15.4. The van der Waals surface area contributed by atoms with Gasteiger partial charge in [0.05, 0.1) is 5.69 Å². The molecule has 1 N–H and O–H groups in total. The molecule has 2 rings (SSSR count). The van der Waals surface area contributed by atoms with Crippen molar-refractivity contribution in [2.24, 2.45) is 0 Å². The summed E-state index contributed by atoms with van der Waals surface area (Å²) in [6, 6.07) is 9.67. The number of hydrogen-bond donors (Lipinski definition) is 1. The number of nitrogens with one attached hydrogen (secondary N) is 1. The maximum Gasteiger partial charge on any atom is 0.189 e. The Morgan fingerprint density at radius 1 is 1.24 bits per heavy atom. The molecule has 0 aliphatic carbocycles. The van der Waals surface area contributed by atoms with Crippen molar-refractivity contribution in [1.82, 2.24) is 9.97 Å². The minimum Gasteiger partial charge on any atom is -0.367 e. The van der Waals surface area contributed by atoms with E-state index < -0.39 is 0 Å². The van der Waals surface area contributed by atoms with Crippen molar-refractivity contribution >= 4 is 29.2 Å². The van der Waals surface area contributed by atoms with Crippen LogP contribution < -0.4 is 5.32 Å². The molecular formula is C15H15ClN4S. The summed E-state index contributed by atoms with van der Waals surface area (Å²) in [4.78, 5) is 8.87. The molecule has 108 valence electrons. The fourth-order valence-corrected chi connectivity index (χ4v) is 2.32. The zero-order valence-electron chi connectivity index (χ0n) is 12.0. The number of thioether (sulfide) groups is 1. The van der Waals surface area contributed by atoms with Crippen LogP contribution in [0.1, 0.15) is 19.4 Å². The van der Waals surface area contributed by atoms with Crippen molar-refractivity contribution in [3.63, 3.8) is 0 Å². The molecule has 0 bridgehead atoms. The third-order valence-electron chi connectivity index (χ3n) is 2.73. The number of nitrogens with zero attached hydrogens (tertiary/aromatic N) is 3. The molecule has 4 nitrogen and oxygen atoms in total. The largest absolute Gasteiger partial charge is 0.367 e. The van der Waals surface area contributed by atoms with Crippen LogP contribution in [0.2, 0.25) is 5.02 Å². The van der Waals surface area contributed by atoms with Gasteiger partial charge in [-0.05, 0) is 32.2 Å². The van der Waals surface area contributed by atoms with E-state index in [1.54, 1.807) is 12.1 Å². The maximum absolute atomic E-state index is 9.49. The summed E-state index contributed by atoms with van der Waals surface area (Å²) < 4.78 is 0. The summed E-state index contributed by atoms with van der Waals surface area (Å²) in [5, 5.41) is 14.0. The Hall–Kier alpha value is -1.77. The molecule has 0 aliphatic heterocycles. The number of nitriles is 1. The first-order chi connectivity index (χ1) is 10.0. The van der Waals surface area contributed by atoms with Crippen LogP contribution in [-0.2, 0) is 0 Å². The fraction of sp³-hybridized carbons (Fsp3) is 0.267. The SMILES string of the molecule is CSc1nc(NC(C)C)c(C#N)c(-c2ccc(Cl)cc2)n1. The van der Waals surface area contributed by atoms with Gasteiger partial charge in [-0.2, -0.15) is 5.26 Å². The van der Waals surface area contributed by atoms with E-state index in [0.717, 1.165) is 5.56 Å². The molecule has 21 heavy (non-hydrogen) atoms. The molecule has 0 radical (unpaired) electrons. The second kappa shape index (κ2) is 6.79. The molecule has 0 saturated heterocycles. The smallest absolute Gasteiger partial charge is 0.189 e. The molecule has 1 aromatic carbocycles. The molecule has 0 aliphatic rings. The minimum atomic E-state index is 0.180. The van der Waals surface area contributed by atoms with Gasteiger partial charge < -0.3 is 5.32 Å². The molecule has 0 spiro atoms. The highest BCUT2D eigenvalue weighted by atomic mass is 35.5. The minimum absolute atomic E-state index is 0.180. The number of benzene rings is 1. The van der Waals surface area contributed by atoms with Gasteiger partial charge in [-0.25, -0.2) is 9.97 Å². The summed E-state index contributed by atoms with van der Waals surface area (Å²) in [5.74, 6) is 0.566. The van der Waals surface area contributed by atoms with E-state index in [1.807, 2.05) is 32.2 Å². The van der Waals surface area contributed by atoms with Gasteiger partial charge in [0.2, 0.25) is 0 Å². The first-order valence-corrected chi connectivity index (χ1v) is 8.04. The van der Waals surface area contributed by atoms with Crippen molar-refractivity contribution in [3.05, 3.63) is 34.9 Å². The van der Waals surface area contributed by atoms with E-state index in [4.69, 9.17) is 11.6 Å². The average molecular weight is 319 g/mol. The lowest BCUT2D eigenvalue weighted by molar-refractivity contribution is 0.866. The number of halogens is 1. The second-order valence-corrected chi connectivity index (χ2v) is 5.91. The van der Waals surface area contributed by atoms with Gasteiger partial charge >= 0.3 is 0 Å². The first kappa shape index (κ1) is 15.6. The summed E-state index contributed by atoms with van der Waals surface area (Å²) in [5.41, 5.74) is 1.92. The highest BCUT2D eigenvalue weighted by Crippen LogP contribution is 2.29. The molecule has 0 saturated carbocycles. The zero-order valence-corrected chi connectivity index (χ0v) is 13.6. The Bertz CT molecular complexity index is 677. The van der Waals surface area contributed by atoms with E-state index in [-0.39, 0.29) is 6.04 Å².